The molecule has 122 valence electrons. The van der Waals surface area contributed by atoms with Crippen molar-refractivity contribution >= 4 is 5.91 Å². The van der Waals surface area contributed by atoms with Gasteiger partial charge in [-0.2, -0.15) is 0 Å². The van der Waals surface area contributed by atoms with E-state index in [2.05, 4.69) is 19.3 Å². The van der Waals surface area contributed by atoms with Gasteiger partial charge in [0, 0.05) is 45.1 Å². The standard InChI is InChI=1S/C16H21N5O2/c22-16(13-4-3-11-23-13)20-8-5-14-17-18-15(21(14)10-9-20)12-19-6-1-2-7-19/h1-2,6-7,13H,3-5,8-12H2/t13-/m0/s1. The van der Waals surface area contributed by atoms with Crippen LogP contribution >= 0.6 is 0 Å². The van der Waals surface area contributed by atoms with Crippen LogP contribution in [-0.2, 0) is 29.0 Å². The van der Waals surface area contributed by atoms with Crippen LogP contribution in [0.3, 0.4) is 0 Å². The predicted molar refractivity (Wildman–Crippen MR) is 82.8 cm³/mol. The molecule has 7 nitrogen and oxygen atoms in total. The van der Waals surface area contributed by atoms with Crippen molar-refractivity contribution in [3.8, 4) is 0 Å². The first-order valence-electron chi connectivity index (χ1n) is 8.23. The Morgan fingerprint density at radius 2 is 2.09 bits per heavy atom. The molecule has 1 saturated heterocycles. The molecule has 1 fully saturated rings. The molecule has 0 unspecified atom stereocenters. The number of amides is 1. The summed E-state index contributed by atoms with van der Waals surface area (Å²) in [6, 6.07) is 4.00. The van der Waals surface area contributed by atoms with Gasteiger partial charge < -0.3 is 18.8 Å². The van der Waals surface area contributed by atoms with Crippen molar-refractivity contribution in [1.82, 2.24) is 24.2 Å². The highest BCUT2D eigenvalue weighted by Crippen LogP contribution is 2.17. The van der Waals surface area contributed by atoms with Gasteiger partial charge in [0.05, 0.1) is 6.54 Å². The summed E-state index contributed by atoms with van der Waals surface area (Å²) in [6.45, 7) is 3.55. The van der Waals surface area contributed by atoms with Crippen LogP contribution in [0.25, 0.3) is 0 Å². The SMILES string of the molecule is O=C([C@@H]1CCCO1)N1CCc2nnc(Cn3cccc3)n2CC1. The van der Waals surface area contributed by atoms with Crippen molar-refractivity contribution in [3.63, 3.8) is 0 Å². The van der Waals surface area contributed by atoms with E-state index in [-0.39, 0.29) is 12.0 Å². The number of nitrogens with zero attached hydrogens (tertiary/aromatic N) is 5. The lowest BCUT2D eigenvalue weighted by molar-refractivity contribution is -0.140. The monoisotopic (exact) mass is 315 g/mol. The van der Waals surface area contributed by atoms with E-state index in [0.29, 0.717) is 26.2 Å². The highest BCUT2D eigenvalue weighted by molar-refractivity contribution is 5.81. The van der Waals surface area contributed by atoms with Gasteiger partial charge in [0.15, 0.2) is 5.82 Å². The number of aromatic nitrogens is 4. The highest BCUT2D eigenvalue weighted by atomic mass is 16.5. The van der Waals surface area contributed by atoms with Crippen molar-refractivity contribution in [1.29, 1.82) is 0 Å². The summed E-state index contributed by atoms with van der Waals surface area (Å²) in [6.07, 6.45) is 6.38. The molecule has 2 aromatic rings. The fraction of sp³-hybridized carbons (Fsp3) is 0.562. The van der Waals surface area contributed by atoms with Gasteiger partial charge in [-0.3, -0.25) is 4.79 Å². The third-order valence-corrected chi connectivity index (χ3v) is 4.61. The molecule has 23 heavy (non-hydrogen) atoms. The quantitative estimate of drug-likeness (QED) is 0.836. The van der Waals surface area contributed by atoms with Gasteiger partial charge in [-0.05, 0) is 25.0 Å². The number of carbonyl (C=O) groups is 1. The molecule has 1 atom stereocenters. The molecule has 0 saturated carbocycles. The molecule has 4 rings (SSSR count). The molecule has 1 amide bonds. The Bertz CT molecular complexity index is 673. The molecule has 0 aromatic carbocycles. The second-order valence-corrected chi connectivity index (χ2v) is 6.12. The van der Waals surface area contributed by atoms with Crippen LogP contribution in [0.4, 0.5) is 0 Å². The zero-order chi connectivity index (χ0) is 15.6. The smallest absolute Gasteiger partial charge is 0.251 e. The minimum Gasteiger partial charge on any atom is -0.368 e. The number of carbonyl (C=O) groups excluding carboxylic acids is 1. The average Bonchev–Trinajstić information content (AvgIpc) is 3.29. The van der Waals surface area contributed by atoms with Crippen LogP contribution in [0.15, 0.2) is 24.5 Å². The third kappa shape index (κ3) is 2.88. The molecule has 2 aliphatic heterocycles. The lowest BCUT2D eigenvalue weighted by Crippen LogP contribution is -2.40. The van der Waals surface area contributed by atoms with E-state index in [4.69, 9.17) is 4.74 Å². The summed E-state index contributed by atoms with van der Waals surface area (Å²) in [5, 5.41) is 8.64. The number of rotatable bonds is 3. The minimum atomic E-state index is -0.238. The molecule has 0 aliphatic carbocycles. The fourth-order valence-electron chi connectivity index (χ4n) is 3.34. The van der Waals surface area contributed by atoms with Crippen LogP contribution in [0, 0.1) is 0 Å². The van der Waals surface area contributed by atoms with E-state index in [1.54, 1.807) is 0 Å². The van der Waals surface area contributed by atoms with E-state index in [1.165, 1.54) is 0 Å². The van der Waals surface area contributed by atoms with Crippen LogP contribution in [0.2, 0.25) is 0 Å². The Morgan fingerprint density at radius 3 is 2.87 bits per heavy atom. The number of fused-ring (bicyclic) bond motifs is 1. The van der Waals surface area contributed by atoms with Gasteiger partial charge in [0.25, 0.3) is 5.91 Å². The maximum absolute atomic E-state index is 12.5. The summed E-state index contributed by atoms with van der Waals surface area (Å²) < 4.78 is 9.77. The zero-order valence-electron chi connectivity index (χ0n) is 13.1. The fourth-order valence-corrected chi connectivity index (χ4v) is 3.34. The van der Waals surface area contributed by atoms with Crippen LogP contribution < -0.4 is 0 Å². The van der Waals surface area contributed by atoms with Crippen molar-refractivity contribution in [2.45, 2.75) is 38.5 Å². The Kier molecular flexibility index (Phi) is 3.87. The zero-order valence-corrected chi connectivity index (χ0v) is 13.1. The van der Waals surface area contributed by atoms with Gasteiger partial charge in [-0.25, -0.2) is 0 Å². The highest BCUT2D eigenvalue weighted by Gasteiger charge is 2.30. The molecular weight excluding hydrogens is 294 g/mol. The van der Waals surface area contributed by atoms with Crippen molar-refractivity contribution in [2.24, 2.45) is 0 Å². The molecular formula is C16H21N5O2. The predicted octanol–water partition coefficient (Wildman–Crippen LogP) is 0.692. The van der Waals surface area contributed by atoms with Crippen LogP contribution in [-0.4, -0.2) is 55.9 Å². The molecule has 2 aliphatic rings. The summed E-state index contributed by atoms with van der Waals surface area (Å²) in [5.74, 6) is 2.05. The van der Waals surface area contributed by atoms with E-state index in [0.717, 1.165) is 37.5 Å². The summed E-state index contributed by atoms with van der Waals surface area (Å²) >= 11 is 0. The maximum Gasteiger partial charge on any atom is 0.251 e. The third-order valence-electron chi connectivity index (χ3n) is 4.61. The van der Waals surface area contributed by atoms with Crippen LogP contribution in [0.5, 0.6) is 0 Å². The molecule has 0 radical (unpaired) electrons. The number of hydrogen-bond donors (Lipinski definition) is 0. The van der Waals surface area contributed by atoms with E-state index >= 15 is 0 Å². The van der Waals surface area contributed by atoms with E-state index in [1.807, 2.05) is 29.4 Å². The molecule has 0 spiro atoms. The Balaban J connectivity index is 1.46. The molecule has 2 aromatic heterocycles. The maximum atomic E-state index is 12.5. The topological polar surface area (TPSA) is 65.2 Å². The second kappa shape index (κ2) is 6.16. The first-order valence-corrected chi connectivity index (χ1v) is 8.23. The van der Waals surface area contributed by atoms with Crippen LogP contribution in [0.1, 0.15) is 24.5 Å². The lowest BCUT2D eigenvalue weighted by Gasteiger charge is -2.23. The Hall–Kier alpha value is -2.15. The van der Waals surface area contributed by atoms with Crippen molar-refractivity contribution < 1.29 is 9.53 Å². The lowest BCUT2D eigenvalue weighted by atomic mass is 10.2. The second-order valence-electron chi connectivity index (χ2n) is 6.12. The average molecular weight is 315 g/mol. The van der Waals surface area contributed by atoms with Gasteiger partial charge in [-0.15, -0.1) is 10.2 Å². The van der Waals surface area contributed by atoms with Gasteiger partial charge in [-0.1, -0.05) is 0 Å². The normalized spacial score (nSPS) is 21.2. The summed E-state index contributed by atoms with van der Waals surface area (Å²) in [7, 11) is 0. The van der Waals surface area contributed by atoms with Gasteiger partial charge in [0.1, 0.15) is 11.9 Å². The molecule has 0 bridgehead atoms. The number of hydrogen-bond acceptors (Lipinski definition) is 4. The largest absolute Gasteiger partial charge is 0.368 e. The van der Waals surface area contributed by atoms with Crippen molar-refractivity contribution in [3.05, 3.63) is 36.2 Å². The first-order chi connectivity index (χ1) is 11.3. The van der Waals surface area contributed by atoms with Crippen molar-refractivity contribution in [2.75, 3.05) is 19.7 Å². The number of ether oxygens (including phenoxy) is 1. The van der Waals surface area contributed by atoms with E-state index < -0.39 is 0 Å². The van der Waals surface area contributed by atoms with Gasteiger partial charge in [0.2, 0.25) is 0 Å². The Morgan fingerprint density at radius 1 is 1.22 bits per heavy atom. The molecule has 7 heteroatoms. The Labute approximate surface area is 134 Å². The van der Waals surface area contributed by atoms with Gasteiger partial charge >= 0.3 is 0 Å². The molecule has 4 heterocycles. The summed E-state index contributed by atoms with van der Waals surface area (Å²) in [4.78, 5) is 14.4. The summed E-state index contributed by atoms with van der Waals surface area (Å²) in [5.41, 5.74) is 0. The first kappa shape index (κ1) is 14.4. The molecule has 0 N–H and O–H groups in total. The van der Waals surface area contributed by atoms with E-state index in [9.17, 15) is 4.79 Å². The minimum absolute atomic E-state index is 0.133.